The van der Waals surface area contributed by atoms with Crippen molar-refractivity contribution in [2.24, 2.45) is 0 Å². The lowest BCUT2D eigenvalue weighted by molar-refractivity contribution is 0.944. The van der Waals surface area contributed by atoms with Crippen LogP contribution in [0, 0.1) is 0 Å². The highest BCUT2D eigenvalue weighted by Crippen LogP contribution is 2.21. The number of pyridine rings is 1. The number of aromatic nitrogens is 5. The molecule has 0 atom stereocenters. The van der Waals surface area contributed by atoms with Crippen LogP contribution in [-0.4, -0.2) is 24.6 Å². The normalized spacial score (nSPS) is 11.0. The van der Waals surface area contributed by atoms with E-state index in [-0.39, 0.29) is 0 Å². The Morgan fingerprint density at radius 2 is 1.77 bits per heavy atom. The van der Waals surface area contributed by atoms with E-state index in [1.807, 2.05) is 54.9 Å². The molecule has 3 heterocycles. The first-order valence-electron chi connectivity index (χ1n) is 6.69. The van der Waals surface area contributed by atoms with Gasteiger partial charge in [0, 0.05) is 29.7 Å². The molecule has 5 nitrogen and oxygen atoms in total. The van der Waals surface area contributed by atoms with E-state index < -0.39 is 0 Å². The van der Waals surface area contributed by atoms with Crippen LogP contribution in [0.3, 0.4) is 0 Å². The summed E-state index contributed by atoms with van der Waals surface area (Å²) >= 11 is 3.36. The molecule has 0 aliphatic heterocycles. The van der Waals surface area contributed by atoms with Crippen LogP contribution in [0.2, 0.25) is 0 Å². The zero-order valence-corrected chi connectivity index (χ0v) is 13.0. The highest BCUT2D eigenvalue weighted by atomic mass is 79.9. The summed E-state index contributed by atoms with van der Waals surface area (Å²) in [7, 11) is 0. The van der Waals surface area contributed by atoms with Gasteiger partial charge in [0.25, 0.3) is 5.78 Å². The van der Waals surface area contributed by atoms with Gasteiger partial charge in [-0.1, -0.05) is 30.3 Å². The molecule has 0 radical (unpaired) electrons. The van der Waals surface area contributed by atoms with E-state index in [0.29, 0.717) is 11.6 Å². The van der Waals surface area contributed by atoms with Gasteiger partial charge in [-0.25, -0.2) is 14.5 Å². The van der Waals surface area contributed by atoms with Crippen molar-refractivity contribution < 1.29 is 0 Å². The summed E-state index contributed by atoms with van der Waals surface area (Å²) in [6, 6.07) is 13.8. The lowest BCUT2D eigenvalue weighted by Crippen LogP contribution is -1.91. The number of hydrogen-bond donors (Lipinski definition) is 0. The van der Waals surface area contributed by atoms with Gasteiger partial charge in [0.15, 0.2) is 5.82 Å². The van der Waals surface area contributed by atoms with Gasteiger partial charge in [0.1, 0.15) is 4.60 Å². The van der Waals surface area contributed by atoms with Crippen molar-refractivity contribution in [1.82, 2.24) is 24.6 Å². The Morgan fingerprint density at radius 1 is 0.909 bits per heavy atom. The van der Waals surface area contributed by atoms with Crippen LogP contribution in [-0.2, 0) is 0 Å². The molecule has 0 bridgehead atoms. The van der Waals surface area contributed by atoms with Gasteiger partial charge < -0.3 is 0 Å². The predicted molar refractivity (Wildman–Crippen MR) is 87.1 cm³/mol. The summed E-state index contributed by atoms with van der Waals surface area (Å²) < 4.78 is 2.45. The van der Waals surface area contributed by atoms with E-state index in [4.69, 9.17) is 0 Å². The second kappa shape index (κ2) is 5.31. The number of hydrogen-bond acceptors (Lipinski definition) is 4. The third-order valence-electron chi connectivity index (χ3n) is 3.29. The first-order valence-corrected chi connectivity index (χ1v) is 7.49. The van der Waals surface area contributed by atoms with E-state index >= 15 is 0 Å². The number of rotatable bonds is 2. The molecule has 6 heteroatoms. The van der Waals surface area contributed by atoms with Gasteiger partial charge in [0.2, 0.25) is 0 Å². The SMILES string of the molecule is Brc1cc(-c2nc3ncc(-c4ccccc4)cn3n2)ccn1. The fourth-order valence-corrected chi connectivity index (χ4v) is 2.59. The second-order valence-electron chi connectivity index (χ2n) is 4.76. The molecule has 0 unspecified atom stereocenters. The molecule has 0 saturated carbocycles. The molecular formula is C16H10BrN5. The molecule has 3 aromatic heterocycles. The van der Waals surface area contributed by atoms with Gasteiger partial charge in [-0.3, -0.25) is 0 Å². The van der Waals surface area contributed by atoms with Gasteiger partial charge in [-0.15, -0.1) is 5.10 Å². The van der Waals surface area contributed by atoms with E-state index in [0.717, 1.165) is 21.3 Å². The van der Waals surface area contributed by atoms with Crippen LogP contribution in [0.25, 0.3) is 28.3 Å². The average Bonchev–Trinajstić information content (AvgIpc) is 2.99. The number of fused-ring (bicyclic) bond motifs is 1. The highest BCUT2D eigenvalue weighted by molar-refractivity contribution is 9.10. The van der Waals surface area contributed by atoms with Crippen LogP contribution in [0.15, 0.2) is 65.7 Å². The third kappa shape index (κ3) is 2.37. The Labute approximate surface area is 134 Å². The first-order chi connectivity index (χ1) is 10.8. The summed E-state index contributed by atoms with van der Waals surface area (Å²) in [5.74, 6) is 1.20. The molecule has 106 valence electrons. The summed E-state index contributed by atoms with van der Waals surface area (Å²) in [4.78, 5) is 13.0. The lowest BCUT2D eigenvalue weighted by atomic mass is 10.1. The molecule has 22 heavy (non-hydrogen) atoms. The Kier molecular flexibility index (Phi) is 3.16. The van der Waals surface area contributed by atoms with Gasteiger partial charge >= 0.3 is 0 Å². The van der Waals surface area contributed by atoms with Crippen molar-refractivity contribution in [1.29, 1.82) is 0 Å². The molecule has 0 N–H and O–H groups in total. The summed E-state index contributed by atoms with van der Waals surface area (Å²) in [6.45, 7) is 0. The molecule has 0 amide bonds. The molecule has 0 saturated heterocycles. The van der Waals surface area contributed by atoms with E-state index in [2.05, 4.69) is 36.0 Å². The molecule has 0 fully saturated rings. The fraction of sp³-hybridized carbons (Fsp3) is 0. The third-order valence-corrected chi connectivity index (χ3v) is 3.72. The minimum atomic E-state index is 0.572. The average molecular weight is 352 g/mol. The molecule has 0 spiro atoms. The Bertz CT molecular complexity index is 949. The Balaban J connectivity index is 1.82. The van der Waals surface area contributed by atoms with Crippen molar-refractivity contribution in [2.75, 3.05) is 0 Å². The highest BCUT2D eigenvalue weighted by Gasteiger charge is 2.09. The smallest absolute Gasteiger partial charge is 0.249 e. The van der Waals surface area contributed by atoms with E-state index in [1.54, 1.807) is 10.7 Å². The minimum absolute atomic E-state index is 0.572. The molecular weight excluding hydrogens is 342 g/mol. The Hall–Kier alpha value is -2.60. The number of benzene rings is 1. The molecule has 4 aromatic rings. The Morgan fingerprint density at radius 3 is 2.59 bits per heavy atom. The summed E-state index contributed by atoms with van der Waals surface area (Å²) in [6.07, 6.45) is 5.46. The van der Waals surface area contributed by atoms with Crippen molar-refractivity contribution in [3.05, 3.63) is 65.7 Å². The maximum Gasteiger partial charge on any atom is 0.252 e. The fourth-order valence-electron chi connectivity index (χ4n) is 2.23. The lowest BCUT2D eigenvalue weighted by Gasteiger charge is -2.00. The predicted octanol–water partition coefficient (Wildman–Crippen LogP) is 3.62. The van der Waals surface area contributed by atoms with Crippen LogP contribution in [0.4, 0.5) is 0 Å². The largest absolute Gasteiger partial charge is 0.252 e. The minimum Gasteiger partial charge on any atom is -0.249 e. The number of nitrogens with zero attached hydrogens (tertiary/aromatic N) is 5. The maximum atomic E-state index is 4.50. The van der Waals surface area contributed by atoms with E-state index in [9.17, 15) is 0 Å². The summed E-state index contributed by atoms with van der Waals surface area (Å²) in [5, 5.41) is 4.50. The molecule has 1 aromatic carbocycles. The van der Waals surface area contributed by atoms with Crippen LogP contribution < -0.4 is 0 Å². The zero-order valence-electron chi connectivity index (χ0n) is 11.4. The van der Waals surface area contributed by atoms with Crippen molar-refractivity contribution in [2.45, 2.75) is 0 Å². The molecule has 0 aliphatic rings. The van der Waals surface area contributed by atoms with Gasteiger partial charge in [-0.05, 0) is 33.6 Å². The van der Waals surface area contributed by atoms with Gasteiger partial charge in [0.05, 0.1) is 0 Å². The van der Waals surface area contributed by atoms with E-state index in [1.165, 1.54) is 0 Å². The van der Waals surface area contributed by atoms with Crippen molar-refractivity contribution >= 4 is 21.7 Å². The van der Waals surface area contributed by atoms with Gasteiger partial charge in [-0.2, -0.15) is 4.98 Å². The summed E-state index contributed by atoms with van der Waals surface area (Å²) in [5.41, 5.74) is 3.00. The second-order valence-corrected chi connectivity index (χ2v) is 5.57. The maximum absolute atomic E-state index is 4.50. The first kappa shape index (κ1) is 13.1. The van der Waals surface area contributed by atoms with Crippen LogP contribution in [0.1, 0.15) is 0 Å². The quantitative estimate of drug-likeness (QED) is 0.517. The standard InChI is InChI=1S/C16H10BrN5/c17-14-8-12(6-7-18-14)15-20-16-19-9-13(10-22(16)21-15)11-4-2-1-3-5-11/h1-10H. The van der Waals surface area contributed by atoms with Crippen molar-refractivity contribution in [3.63, 3.8) is 0 Å². The van der Waals surface area contributed by atoms with Crippen molar-refractivity contribution in [3.8, 4) is 22.5 Å². The zero-order chi connectivity index (χ0) is 14.9. The molecule has 4 rings (SSSR count). The number of halogens is 1. The molecule has 0 aliphatic carbocycles. The van der Waals surface area contributed by atoms with Crippen LogP contribution in [0.5, 0.6) is 0 Å². The van der Waals surface area contributed by atoms with Crippen LogP contribution >= 0.6 is 15.9 Å². The monoisotopic (exact) mass is 351 g/mol. The topological polar surface area (TPSA) is 56.0 Å².